The molecule has 0 radical (unpaired) electrons. The number of carboxylic acid groups (broad SMARTS) is 1. The monoisotopic (exact) mass is 209 g/mol. The number of nitrogens with one attached hydrogen (secondary N) is 1. The van der Waals surface area contributed by atoms with Gasteiger partial charge in [0, 0.05) is 5.92 Å². The van der Waals surface area contributed by atoms with Crippen molar-refractivity contribution in [3.05, 3.63) is 0 Å². The van der Waals surface area contributed by atoms with Gasteiger partial charge in [0.25, 0.3) is 0 Å². The molecular formula is C11H15NO3. The molecule has 4 nitrogen and oxygen atoms in total. The van der Waals surface area contributed by atoms with Crippen LogP contribution in [0.15, 0.2) is 0 Å². The summed E-state index contributed by atoms with van der Waals surface area (Å²) in [6, 6.07) is 0. The molecule has 0 bridgehead atoms. The average molecular weight is 209 g/mol. The zero-order chi connectivity index (χ0) is 10.6. The number of rotatable bonds is 4. The van der Waals surface area contributed by atoms with Gasteiger partial charge in [-0.25, -0.2) is 4.79 Å². The fourth-order valence-corrected chi connectivity index (χ4v) is 2.41. The van der Waals surface area contributed by atoms with Crippen LogP contribution < -0.4 is 5.32 Å². The Kier molecular flexibility index (Phi) is 1.68. The molecule has 3 aliphatic rings. The Labute approximate surface area is 88.0 Å². The molecule has 0 heterocycles. The molecule has 4 heteroatoms. The Bertz CT molecular complexity index is 331. The molecule has 15 heavy (non-hydrogen) atoms. The minimum Gasteiger partial charge on any atom is -0.480 e. The molecule has 3 rings (SSSR count). The molecule has 0 aliphatic heterocycles. The van der Waals surface area contributed by atoms with Gasteiger partial charge in [-0.3, -0.25) is 4.79 Å². The van der Waals surface area contributed by atoms with E-state index in [1.54, 1.807) is 0 Å². The predicted octanol–water partition coefficient (Wildman–Crippen LogP) is 0.766. The average Bonchev–Trinajstić information content (AvgIpc) is 2.97. The summed E-state index contributed by atoms with van der Waals surface area (Å²) < 4.78 is 0. The van der Waals surface area contributed by atoms with Crippen LogP contribution in [0.1, 0.15) is 32.1 Å². The summed E-state index contributed by atoms with van der Waals surface area (Å²) in [5.74, 6) is 0.552. The Morgan fingerprint density at radius 3 is 2.40 bits per heavy atom. The van der Waals surface area contributed by atoms with Crippen LogP contribution in [0.2, 0.25) is 0 Å². The minimum absolute atomic E-state index is 0.0215. The maximum absolute atomic E-state index is 11.7. The topological polar surface area (TPSA) is 66.4 Å². The van der Waals surface area contributed by atoms with Crippen LogP contribution in [0.25, 0.3) is 0 Å². The lowest BCUT2D eigenvalue weighted by molar-refractivity contribution is -0.143. The van der Waals surface area contributed by atoms with Crippen LogP contribution in [0.4, 0.5) is 0 Å². The highest BCUT2D eigenvalue weighted by atomic mass is 16.4. The number of aliphatic carboxylic acids is 1. The third-order valence-electron chi connectivity index (χ3n) is 3.93. The summed E-state index contributed by atoms with van der Waals surface area (Å²) in [7, 11) is 0. The maximum atomic E-state index is 11.7. The zero-order valence-corrected chi connectivity index (χ0v) is 8.53. The summed E-state index contributed by atoms with van der Waals surface area (Å²) >= 11 is 0. The van der Waals surface area contributed by atoms with Crippen LogP contribution in [0.3, 0.4) is 0 Å². The van der Waals surface area contributed by atoms with Crippen molar-refractivity contribution >= 4 is 11.9 Å². The van der Waals surface area contributed by atoms with Crippen molar-refractivity contribution in [2.75, 3.05) is 0 Å². The number of amides is 1. The van der Waals surface area contributed by atoms with Gasteiger partial charge in [0.1, 0.15) is 5.54 Å². The molecule has 3 fully saturated rings. The number of hydrogen-bond acceptors (Lipinski definition) is 2. The van der Waals surface area contributed by atoms with Crippen molar-refractivity contribution in [1.29, 1.82) is 0 Å². The maximum Gasteiger partial charge on any atom is 0.329 e. The minimum atomic E-state index is -0.895. The first-order valence-electron chi connectivity index (χ1n) is 5.68. The van der Waals surface area contributed by atoms with E-state index >= 15 is 0 Å². The summed E-state index contributed by atoms with van der Waals surface area (Å²) in [5.41, 5.74) is -0.895. The SMILES string of the molecule is O=C(NC1(C(=O)O)CC1)C1CC1C1CC1. The van der Waals surface area contributed by atoms with Crippen LogP contribution in [0.5, 0.6) is 0 Å². The van der Waals surface area contributed by atoms with E-state index in [1.165, 1.54) is 12.8 Å². The highest BCUT2D eigenvalue weighted by Crippen LogP contribution is 2.54. The highest BCUT2D eigenvalue weighted by molar-refractivity contribution is 5.91. The molecule has 3 aliphatic carbocycles. The molecule has 0 aromatic carbocycles. The first kappa shape index (κ1) is 9.19. The quantitative estimate of drug-likeness (QED) is 0.718. The first-order chi connectivity index (χ1) is 7.12. The molecule has 0 saturated heterocycles. The Morgan fingerprint density at radius 2 is 1.93 bits per heavy atom. The van der Waals surface area contributed by atoms with E-state index in [-0.39, 0.29) is 11.8 Å². The lowest BCUT2D eigenvalue weighted by Gasteiger charge is -2.11. The van der Waals surface area contributed by atoms with E-state index in [4.69, 9.17) is 5.11 Å². The van der Waals surface area contributed by atoms with Gasteiger partial charge in [-0.15, -0.1) is 0 Å². The Morgan fingerprint density at radius 1 is 1.27 bits per heavy atom. The summed E-state index contributed by atoms with van der Waals surface area (Å²) in [5, 5.41) is 11.6. The van der Waals surface area contributed by atoms with Gasteiger partial charge in [-0.2, -0.15) is 0 Å². The van der Waals surface area contributed by atoms with E-state index in [0.717, 1.165) is 12.3 Å². The molecule has 82 valence electrons. The van der Waals surface area contributed by atoms with E-state index in [2.05, 4.69) is 5.32 Å². The van der Waals surface area contributed by atoms with E-state index in [0.29, 0.717) is 18.8 Å². The van der Waals surface area contributed by atoms with Crippen molar-refractivity contribution < 1.29 is 14.7 Å². The van der Waals surface area contributed by atoms with Gasteiger partial charge in [-0.1, -0.05) is 0 Å². The van der Waals surface area contributed by atoms with Crippen LogP contribution >= 0.6 is 0 Å². The van der Waals surface area contributed by atoms with Crippen LogP contribution in [-0.2, 0) is 9.59 Å². The van der Waals surface area contributed by atoms with Crippen molar-refractivity contribution in [1.82, 2.24) is 5.32 Å². The second kappa shape index (κ2) is 2.74. The standard InChI is InChI=1S/C11H15NO3/c13-9(8-5-7(8)6-1-2-6)12-11(3-4-11)10(14)15/h6-8H,1-5H2,(H,12,13)(H,14,15). The lowest BCUT2D eigenvalue weighted by Crippen LogP contribution is -2.44. The summed E-state index contributed by atoms with van der Waals surface area (Å²) in [6.45, 7) is 0. The highest BCUT2D eigenvalue weighted by Gasteiger charge is 2.56. The first-order valence-corrected chi connectivity index (χ1v) is 5.68. The second-order valence-electron chi connectivity index (χ2n) is 5.22. The van der Waals surface area contributed by atoms with Gasteiger partial charge in [0.15, 0.2) is 0 Å². The van der Waals surface area contributed by atoms with Crippen LogP contribution in [0, 0.1) is 17.8 Å². The summed E-state index contributed by atoms with van der Waals surface area (Å²) in [6.07, 6.45) is 4.69. The molecule has 2 N–H and O–H groups in total. The number of hydrogen-bond donors (Lipinski definition) is 2. The molecule has 0 spiro atoms. The molecule has 2 unspecified atom stereocenters. The largest absolute Gasteiger partial charge is 0.480 e. The van der Waals surface area contributed by atoms with Gasteiger partial charge in [0.05, 0.1) is 0 Å². The predicted molar refractivity (Wildman–Crippen MR) is 52.1 cm³/mol. The molecule has 1 amide bonds. The van der Waals surface area contributed by atoms with Gasteiger partial charge >= 0.3 is 5.97 Å². The fourth-order valence-electron chi connectivity index (χ4n) is 2.41. The zero-order valence-electron chi connectivity index (χ0n) is 8.53. The molecule has 0 aromatic heterocycles. The van der Waals surface area contributed by atoms with Crippen molar-refractivity contribution in [3.63, 3.8) is 0 Å². The normalized spacial score (nSPS) is 35.7. The molecule has 0 aromatic rings. The fraction of sp³-hybridized carbons (Fsp3) is 0.818. The van der Waals surface area contributed by atoms with Gasteiger partial charge in [0.2, 0.25) is 5.91 Å². The van der Waals surface area contributed by atoms with E-state index in [9.17, 15) is 9.59 Å². The third-order valence-corrected chi connectivity index (χ3v) is 3.93. The molecule has 2 atom stereocenters. The van der Waals surface area contributed by atoms with Crippen LogP contribution in [-0.4, -0.2) is 22.5 Å². The number of carbonyl (C=O) groups excluding carboxylic acids is 1. The Balaban J connectivity index is 1.56. The van der Waals surface area contributed by atoms with E-state index in [1.807, 2.05) is 0 Å². The smallest absolute Gasteiger partial charge is 0.329 e. The van der Waals surface area contributed by atoms with Gasteiger partial charge < -0.3 is 10.4 Å². The second-order valence-corrected chi connectivity index (χ2v) is 5.22. The van der Waals surface area contributed by atoms with E-state index < -0.39 is 11.5 Å². The van der Waals surface area contributed by atoms with Gasteiger partial charge in [-0.05, 0) is 43.9 Å². The van der Waals surface area contributed by atoms with Crippen molar-refractivity contribution in [2.45, 2.75) is 37.6 Å². The molecular weight excluding hydrogens is 194 g/mol. The lowest BCUT2D eigenvalue weighted by atomic mass is 10.2. The number of carbonyl (C=O) groups is 2. The number of carboxylic acids is 1. The Hall–Kier alpha value is -1.06. The van der Waals surface area contributed by atoms with Crippen molar-refractivity contribution in [3.8, 4) is 0 Å². The van der Waals surface area contributed by atoms with Crippen molar-refractivity contribution in [2.24, 2.45) is 17.8 Å². The third kappa shape index (κ3) is 1.52. The molecule has 3 saturated carbocycles. The summed E-state index contributed by atoms with van der Waals surface area (Å²) in [4.78, 5) is 22.6.